The molecule has 0 N–H and O–H groups in total. The van der Waals surface area contributed by atoms with Gasteiger partial charge in [-0.05, 0) is 37.6 Å². The summed E-state index contributed by atoms with van der Waals surface area (Å²) in [7, 11) is 1.51. The summed E-state index contributed by atoms with van der Waals surface area (Å²) in [4.78, 5) is 20.9. The van der Waals surface area contributed by atoms with Gasteiger partial charge in [0.1, 0.15) is 11.0 Å². The Bertz CT molecular complexity index is 1270. The molecule has 0 amide bonds. The molecule has 4 rings (SSSR count). The molecule has 3 heterocycles. The van der Waals surface area contributed by atoms with Crippen LogP contribution in [-0.4, -0.2) is 49.2 Å². The van der Waals surface area contributed by atoms with Crippen molar-refractivity contribution >= 4 is 40.2 Å². The number of halogens is 2. The van der Waals surface area contributed by atoms with Crippen LogP contribution >= 0.6 is 23.2 Å². The van der Waals surface area contributed by atoms with Crippen LogP contribution in [0.25, 0.3) is 17.0 Å². The van der Waals surface area contributed by atoms with Crippen LogP contribution in [0.2, 0.25) is 10.0 Å². The first-order chi connectivity index (χ1) is 14.9. The minimum Gasteiger partial charge on any atom is -0.479 e. The van der Waals surface area contributed by atoms with Gasteiger partial charge in [-0.3, -0.25) is 4.68 Å². The Hall–Kier alpha value is -3.17. The Labute approximate surface area is 187 Å². The first-order valence-corrected chi connectivity index (χ1v) is 10.1. The minimum atomic E-state index is -0.471. The van der Waals surface area contributed by atoms with Crippen LogP contribution in [0, 0.1) is 0 Å². The molecule has 0 saturated heterocycles. The Kier molecular flexibility index (Phi) is 5.79. The topological polar surface area (TPSA) is 97.0 Å². The fraction of sp³-hybridized carbons (Fsp3) is 0.250. The number of methoxy groups -OCH3 is 1. The summed E-state index contributed by atoms with van der Waals surface area (Å²) in [6, 6.07) is 5.01. The van der Waals surface area contributed by atoms with E-state index in [0.717, 1.165) is 5.56 Å². The van der Waals surface area contributed by atoms with Gasteiger partial charge in [-0.25, -0.2) is 14.5 Å². The smallest absolute Gasteiger partial charge is 0.341 e. The zero-order valence-corrected chi connectivity index (χ0v) is 18.4. The van der Waals surface area contributed by atoms with Crippen molar-refractivity contribution in [3.63, 3.8) is 0 Å². The predicted molar refractivity (Wildman–Crippen MR) is 115 cm³/mol. The number of fused-ring (bicyclic) bond motifs is 1. The van der Waals surface area contributed by atoms with Gasteiger partial charge in [-0.1, -0.05) is 23.2 Å². The minimum absolute atomic E-state index is 0.230. The van der Waals surface area contributed by atoms with E-state index in [1.807, 2.05) is 6.92 Å². The van der Waals surface area contributed by atoms with Gasteiger partial charge in [0.05, 0.1) is 37.7 Å². The third kappa shape index (κ3) is 3.94. The highest BCUT2D eigenvalue weighted by Crippen LogP contribution is 2.32. The van der Waals surface area contributed by atoms with Crippen LogP contribution in [0.4, 0.5) is 0 Å². The molecule has 160 valence electrons. The molecular formula is C20H18Cl2N6O3. The van der Waals surface area contributed by atoms with E-state index in [2.05, 4.69) is 20.2 Å². The predicted octanol–water partition coefficient (Wildman–Crippen LogP) is 4.11. The summed E-state index contributed by atoms with van der Waals surface area (Å²) in [5.41, 5.74) is 2.23. The number of aromatic nitrogens is 6. The zero-order valence-electron chi connectivity index (χ0n) is 16.9. The highest BCUT2D eigenvalue weighted by Gasteiger charge is 2.21. The van der Waals surface area contributed by atoms with E-state index in [-0.39, 0.29) is 18.6 Å². The summed E-state index contributed by atoms with van der Waals surface area (Å²) in [5, 5.41) is 9.77. The summed E-state index contributed by atoms with van der Waals surface area (Å²) in [6.45, 7) is 3.95. The molecule has 9 nitrogen and oxygen atoms in total. The molecule has 4 aromatic rings. The van der Waals surface area contributed by atoms with Gasteiger partial charge in [0, 0.05) is 16.2 Å². The normalized spacial score (nSPS) is 12.2. The van der Waals surface area contributed by atoms with Crippen molar-refractivity contribution in [2.75, 3.05) is 13.7 Å². The molecule has 0 spiro atoms. The molecular weight excluding hydrogens is 443 g/mol. The molecule has 0 aliphatic heterocycles. The van der Waals surface area contributed by atoms with E-state index < -0.39 is 5.97 Å². The molecule has 0 radical (unpaired) electrons. The van der Waals surface area contributed by atoms with Gasteiger partial charge in [0.2, 0.25) is 5.88 Å². The Morgan fingerprint density at radius 2 is 2.00 bits per heavy atom. The van der Waals surface area contributed by atoms with Crippen LogP contribution in [0.3, 0.4) is 0 Å². The van der Waals surface area contributed by atoms with Gasteiger partial charge >= 0.3 is 5.97 Å². The average Bonchev–Trinajstić information content (AvgIpc) is 3.42. The van der Waals surface area contributed by atoms with Gasteiger partial charge in [-0.2, -0.15) is 15.2 Å². The fourth-order valence-electron chi connectivity index (χ4n) is 3.18. The van der Waals surface area contributed by atoms with Crippen LogP contribution in [-0.2, 0) is 4.74 Å². The van der Waals surface area contributed by atoms with Crippen molar-refractivity contribution in [2.24, 2.45) is 0 Å². The summed E-state index contributed by atoms with van der Waals surface area (Å²) in [5.74, 6) is 0.0606. The molecule has 1 aromatic carbocycles. The highest BCUT2D eigenvalue weighted by molar-refractivity contribution is 6.33. The first-order valence-electron chi connectivity index (χ1n) is 9.39. The van der Waals surface area contributed by atoms with Crippen LogP contribution in [0.15, 0.2) is 36.8 Å². The lowest BCUT2D eigenvalue weighted by Gasteiger charge is -2.16. The molecule has 0 aliphatic carbocycles. The average molecular weight is 461 g/mol. The van der Waals surface area contributed by atoms with Crippen molar-refractivity contribution in [2.45, 2.75) is 19.9 Å². The second kappa shape index (κ2) is 8.52. The van der Waals surface area contributed by atoms with Gasteiger partial charge < -0.3 is 9.47 Å². The third-order valence-corrected chi connectivity index (χ3v) is 5.25. The van der Waals surface area contributed by atoms with Crippen LogP contribution in [0.5, 0.6) is 5.88 Å². The monoisotopic (exact) mass is 460 g/mol. The quantitative estimate of drug-likeness (QED) is 0.399. The number of carbonyl (C=O) groups is 1. The number of carbonyl (C=O) groups excluding carboxylic acids is 1. The van der Waals surface area contributed by atoms with Crippen molar-refractivity contribution in [3.8, 4) is 11.8 Å². The maximum absolute atomic E-state index is 11.9. The van der Waals surface area contributed by atoms with Gasteiger partial charge in [-0.15, -0.1) is 0 Å². The maximum Gasteiger partial charge on any atom is 0.341 e. The second-order valence-corrected chi connectivity index (χ2v) is 7.44. The molecule has 0 aliphatic rings. The lowest BCUT2D eigenvalue weighted by atomic mass is 10.1. The van der Waals surface area contributed by atoms with E-state index in [9.17, 15) is 4.79 Å². The third-order valence-electron chi connectivity index (χ3n) is 4.67. The van der Waals surface area contributed by atoms with Crippen molar-refractivity contribution in [3.05, 3.63) is 58.0 Å². The van der Waals surface area contributed by atoms with E-state index in [4.69, 9.17) is 32.7 Å². The Morgan fingerprint density at radius 1 is 1.19 bits per heavy atom. The van der Waals surface area contributed by atoms with Crippen molar-refractivity contribution in [1.29, 1.82) is 0 Å². The van der Waals surface area contributed by atoms with Gasteiger partial charge in [0.25, 0.3) is 5.95 Å². The summed E-state index contributed by atoms with van der Waals surface area (Å²) < 4.78 is 13.6. The highest BCUT2D eigenvalue weighted by atomic mass is 35.5. The molecule has 3 aromatic heterocycles. The summed E-state index contributed by atoms with van der Waals surface area (Å²) in [6.07, 6.45) is 4.50. The molecule has 31 heavy (non-hydrogen) atoms. The number of esters is 1. The Morgan fingerprint density at radius 3 is 2.74 bits per heavy atom. The SMILES string of the molecule is CCOC(=O)c1cnn(-c2nc(OC)c3c(cnn3[C@@H](C)c3cc(Cl)ccc3Cl)n2)c1. The van der Waals surface area contributed by atoms with E-state index in [1.54, 1.807) is 36.0 Å². The summed E-state index contributed by atoms with van der Waals surface area (Å²) >= 11 is 12.5. The standard InChI is InChI=1S/C20H18Cl2N6O3/c1-4-31-19(29)12-8-23-27(10-12)20-25-16-9-24-28(17(16)18(26-20)30-3)11(2)14-7-13(21)5-6-15(14)22/h5-11H,4H2,1-3H3/t11-/m0/s1. The zero-order chi connectivity index (χ0) is 22.1. The first kappa shape index (κ1) is 21.1. The lowest BCUT2D eigenvalue weighted by molar-refractivity contribution is 0.0526. The number of hydrogen-bond donors (Lipinski definition) is 0. The van der Waals surface area contributed by atoms with Crippen LogP contribution in [0.1, 0.15) is 35.8 Å². The second-order valence-electron chi connectivity index (χ2n) is 6.59. The Balaban J connectivity index is 1.77. The molecule has 1 atom stereocenters. The molecule has 0 fully saturated rings. The number of rotatable bonds is 6. The number of nitrogens with zero attached hydrogens (tertiary/aromatic N) is 6. The molecule has 0 bridgehead atoms. The molecule has 0 unspecified atom stereocenters. The molecule has 11 heteroatoms. The van der Waals surface area contributed by atoms with Gasteiger partial charge in [0.15, 0.2) is 0 Å². The maximum atomic E-state index is 11.9. The lowest BCUT2D eigenvalue weighted by Crippen LogP contribution is -2.11. The number of hydrogen-bond acceptors (Lipinski definition) is 7. The number of ether oxygens (including phenoxy) is 2. The van der Waals surface area contributed by atoms with E-state index in [1.165, 1.54) is 24.2 Å². The largest absolute Gasteiger partial charge is 0.479 e. The number of benzene rings is 1. The van der Waals surface area contributed by atoms with Crippen molar-refractivity contribution < 1.29 is 14.3 Å². The van der Waals surface area contributed by atoms with E-state index >= 15 is 0 Å². The van der Waals surface area contributed by atoms with E-state index in [0.29, 0.717) is 32.5 Å². The fourth-order valence-corrected chi connectivity index (χ4v) is 3.63. The molecule has 0 saturated carbocycles. The van der Waals surface area contributed by atoms with Crippen LogP contribution < -0.4 is 4.74 Å². The van der Waals surface area contributed by atoms with Crippen molar-refractivity contribution in [1.82, 2.24) is 29.5 Å².